The predicted octanol–water partition coefficient (Wildman–Crippen LogP) is 0.720. The van der Waals surface area contributed by atoms with Crippen LogP contribution in [0.2, 0.25) is 0 Å². The second-order valence-corrected chi connectivity index (χ2v) is 7.28. The van der Waals surface area contributed by atoms with Gasteiger partial charge in [-0.2, -0.15) is 0 Å². The van der Waals surface area contributed by atoms with Crippen LogP contribution in [0.1, 0.15) is 32.0 Å². The second-order valence-electron chi connectivity index (χ2n) is 7.28. The van der Waals surface area contributed by atoms with Gasteiger partial charge in [0.05, 0.1) is 5.56 Å². The van der Waals surface area contributed by atoms with Crippen LogP contribution in [-0.4, -0.2) is 58.7 Å². The molecule has 1 aromatic carbocycles. The first-order chi connectivity index (χ1) is 13.8. The van der Waals surface area contributed by atoms with Gasteiger partial charge in [0.2, 0.25) is 6.79 Å². The van der Waals surface area contributed by atoms with Crippen molar-refractivity contribution in [1.29, 1.82) is 0 Å². The molecule has 0 bridgehead atoms. The maximum absolute atomic E-state index is 13.1. The Bertz CT molecular complexity index is 1090. The third-order valence-electron chi connectivity index (χ3n) is 5.22. The Morgan fingerprint density at radius 2 is 1.93 bits per heavy atom. The lowest BCUT2D eigenvalue weighted by Gasteiger charge is -2.31. The quantitative estimate of drug-likeness (QED) is 0.816. The van der Waals surface area contributed by atoms with Gasteiger partial charge >= 0.3 is 0 Å². The first kappa shape index (κ1) is 18.9. The molecule has 1 aromatic heterocycles. The highest BCUT2D eigenvalue weighted by atomic mass is 16.7. The summed E-state index contributed by atoms with van der Waals surface area (Å²) in [6, 6.07) is 5.41. The van der Waals surface area contributed by atoms with E-state index in [1.807, 2.05) is 6.07 Å². The van der Waals surface area contributed by atoms with E-state index in [0.717, 1.165) is 10.1 Å². The molecule has 2 aliphatic rings. The number of hydrogen-bond acceptors (Lipinski definition) is 6. The molecule has 152 valence electrons. The number of ether oxygens (including phenoxy) is 2. The molecule has 0 aliphatic carbocycles. The summed E-state index contributed by atoms with van der Waals surface area (Å²) in [5, 5.41) is 10.4. The van der Waals surface area contributed by atoms with E-state index >= 15 is 0 Å². The maximum atomic E-state index is 13.1. The number of benzene rings is 1. The number of aromatic nitrogens is 1. The van der Waals surface area contributed by atoms with Crippen LogP contribution < -0.4 is 15.0 Å². The molecule has 0 saturated carbocycles. The summed E-state index contributed by atoms with van der Waals surface area (Å²) in [5.41, 5.74) is 0.496. The van der Waals surface area contributed by atoms with Gasteiger partial charge in [-0.05, 0) is 24.1 Å². The first-order valence-electron chi connectivity index (χ1n) is 9.14. The van der Waals surface area contributed by atoms with Crippen LogP contribution in [-0.2, 0) is 20.0 Å². The van der Waals surface area contributed by atoms with Gasteiger partial charge in [-0.15, -0.1) is 0 Å². The van der Waals surface area contributed by atoms with E-state index in [1.54, 1.807) is 31.1 Å². The molecule has 0 unspecified atom stereocenters. The Morgan fingerprint density at radius 1 is 1.21 bits per heavy atom. The summed E-state index contributed by atoms with van der Waals surface area (Å²) in [7, 11) is 4.56. The molecule has 9 nitrogen and oxygen atoms in total. The number of hydrogen-bond donors (Lipinski definition) is 1. The van der Waals surface area contributed by atoms with Gasteiger partial charge in [0, 0.05) is 39.8 Å². The highest BCUT2D eigenvalue weighted by Gasteiger charge is 2.34. The van der Waals surface area contributed by atoms with Crippen molar-refractivity contribution in [2.75, 3.05) is 27.4 Å². The predicted molar refractivity (Wildman–Crippen MR) is 102 cm³/mol. The van der Waals surface area contributed by atoms with Gasteiger partial charge < -0.3 is 28.9 Å². The molecule has 2 aromatic rings. The minimum atomic E-state index is -0.771. The van der Waals surface area contributed by atoms with Gasteiger partial charge in [-0.3, -0.25) is 14.4 Å². The Kier molecular flexibility index (Phi) is 4.45. The third-order valence-corrected chi connectivity index (χ3v) is 5.22. The SMILES string of the molecule is CN(C)C(=O)c1c2c(c(O)c(=O)n1C)C(=O)N(Cc1ccc3c(c1)OCO3)CC2. The molecule has 0 saturated heterocycles. The molecule has 0 spiro atoms. The van der Waals surface area contributed by atoms with Crippen LogP contribution >= 0.6 is 0 Å². The monoisotopic (exact) mass is 399 g/mol. The second kappa shape index (κ2) is 6.84. The zero-order valence-electron chi connectivity index (χ0n) is 16.4. The number of carbonyl (C=O) groups is 2. The lowest BCUT2D eigenvalue weighted by molar-refractivity contribution is 0.0720. The summed E-state index contributed by atoms with van der Waals surface area (Å²) >= 11 is 0. The van der Waals surface area contributed by atoms with Gasteiger partial charge in [0.15, 0.2) is 17.2 Å². The Hall–Kier alpha value is -3.49. The first-order valence-corrected chi connectivity index (χ1v) is 9.14. The molecule has 1 N–H and O–H groups in total. The van der Waals surface area contributed by atoms with Crippen LogP contribution in [0, 0.1) is 0 Å². The van der Waals surface area contributed by atoms with Crippen LogP contribution in [0.5, 0.6) is 17.2 Å². The lowest BCUT2D eigenvalue weighted by atomic mass is 9.95. The minimum absolute atomic E-state index is 0.0923. The number of fused-ring (bicyclic) bond motifs is 2. The zero-order chi connectivity index (χ0) is 20.9. The summed E-state index contributed by atoms with van der Waals surface area (Å²) in [6.07, 6.45) is 0.349. The standard InChI is InChI=1S/C20H21N3O6/c1-21(2)19(26)16-12-6-7-23(18(25)15(12)17(24)20(27)22(16)3)9-11-4-5-13-14(8-11)29-10-28-13/h4-5,8,24H,6-7,9-10H2,1-3H3. The van der Waals surface area contributed by atoms with E-state index in [2.05, 4.69) is 0 Å². The van der Waals surface area contributed by atoms with E-state index in [-0.39, 0.29) is 24.6 Å². The fourth-order valence-corrected chi connectivity index (χ4v) is 3.71. The van der Waals surface area contributed by atoms with Gasteiger partial charge in [0.25, 0.3) is 17.4 Å². The van der Waals surface area contributed by atoms with E-state index in [0.29, 0.717) is 30.0 Å². The molecule has 2 aliphatic heterocycles. The van der Waals surface area contributed by atoms with E-state index < -0.39 is 23.1 Å². The fraction of sp³-hybridized carbons (Fsp3) is 0.350. The highest BCUT2D eigenvalue weighted by molar-refractivity contribution is 6.03. The van der Waals surface area contributed by atoms with Gasteiger partial charge in [-0.25, -0.2) is 0 Å². The molecular formula is C20H21N3O6. The van der Waals surface area contributed by atoms with Gasteiger partial charge in [0.1, 0.15) is 5.69 Å². The van der Waals surface area contributed by atoms with Crippen LogP contribution in [0.3, 0.4) is 0 Å². The Balaban J connectivity index is 1.72. The Labute approximate surface area is 166 Å². The Morgan fingerprint density at radius 3 is 2.66 bits per heavy atom. The van der Waals surface area contributed by atoms with Crippen molar-refractivity contribution in [1.82, 2.24) is 14.4 Å². The summed E-state index contributed by atoms with van der Waals surface area (Å²) in [5.74, 6) is -0.233. The molecule has 0 fully saturated rings. The van der Waals surface area contributed by atoms with Crippen molar-refractivity contribution in [2.24, 2.45) is 7.05 Å². The topological polar surface area (TPSA) is 101 Å². The molecule has 2 amide bonds. The fourth-order valence-electron chi connectivity index (χ4n) is 3.71. The smallest absolute Gasteiger partial charge is 0.293 e. The molecule has 29 heavy (non-hydrogen) atoms. The number of rotatable bonds is 3. The minimum Gasteiger partial charge on any atom is -0.502 e. The van der Waals surface area contributed by atoms with Gasteiger partial charge in [-0.1, -0.05) is 6.07 Å². The molecule has 0 atom stereocenters. The lowest BCUT2D eigenvalue weighted by Crippen LogP contribution is -2.42. The summed E-state index contributed by atoms with van der Waals surface area (Å²) < 4.78 is 11.8. The average molecular weight is 399 g/mol. The summed E-state index contributed by atoms with van der Waals surface area (Å²) in [6.45, 7) is 0.792. The van der Waals surface area contributed by atoms with Crippen molar-refractivity contribution in [2.45, 2.75) is 13.0 Å². The number of pyridine rings is 1. The van der Waals surface area contributed by atoms with Crippen LogP contribution in [0.15, 0.2) is 23.0 Å². The van der Waals surface area contributed by atoms with Crippen molar-refractivity contribution in [3.05, 3.63) is 50.9 Å². The van der Waals surface area contributed by atoms with E-state index in [9.17, 15) is 19.5 Å². The van der Waals surface area contributed by atoms with Crippen LogP contribution in [0.4, 0.5) is 0 Å². The molecule has 9 heteroatoms. The molecular weight excluding hydrogens is 378 g/mol. The number of aromatic hydroxyl groups is 1. The average Bonchev–Trinajstić information content (AvgIpc) is 3.16. The molecule has 3 heterocycles. The normalized spacial score (nSPS) is 14.7. The largest absolute Gasteiger partial charge is 0.502 e. The number of nitrogens with zero attached hydrogens (tertiary/aromatic N) is 3. The number of carbonyl (C=O) groups excluding carboxylic acids is 2. The molecule has 4 rings (SSSR count). The van der Waals surface area contributed by atoms with E-state index in [1.165, 1.54) is 11.9 Å². The van der Waals surface area contributed by atoms with Crippen molar-refractivity contribution < 1.29 is 24.2 Å². The third kappa shape index (κ3) is 2.98. The zero-order valence-corrected chi connectivity index (χ0v) is 16.4. The highest BCUT2D eigenvalue weighted by Crippen LogP contribution is 2.34. The number of amides is 2. The van der Waals surface area contributed by atoms with Crippen molar-refractivity contribution in [3.8, 4) is 17.2 Å². The van der Waals surface area contributed by atoms with E-state index in [4.69, 9.17) is 9.47 Å². The van der Waals surface area contributed by atoms with Crippen molar-refractivity contribution >= 4 is 11.8 Å². The molecule has 0 radical (unpaired) electrons. The van der Waals surface area contributed by atoms with Crippen molar-refractivity contribution in [3.63, 3.8) is 0 Å². The summed E-state index contributed by atoms with van der Waals surface area (Å²) in [4.78, 5) is 41.1. The van der Waals surface area contributed by atoms with Crippen LogP contribution in [0.25, 0.3) is 0 Å². The maximum Gasteiger partial charge on any atom is 0.293 e.